The van der Waals surface area contributed by atoms with Crippen LogP contribution in [0.15, 0.2) is 83.4 Å². The van der Waals surface area contributed by atoms with Gasteiger partial charge in [0, 0.05) is 0 Å². The third kappa shape index (κ3) is 4.71. The van der Waals surface area contributed by atoms with Crippen molar-refractivity contribution < 1.29 is 19.2 Å². The Hall–Kier alpha value is -3.93. The van der Waals surface area contributed by atoms with Crippen molar-refractivity contribution in [2.75, 3.05) is 0 Å². The lowest BCUT2D eigenvalue weighted by molar-refractivity contribution is -0.145. The van der Waals surface area contributed by atoms with Crippen LogP contribution >= 0.6 is 0 Å². The maximum atomic E-state index is 12.0. The maximum Gasteiger partial charge on any atom is 0.345 e. The predicted molar refractivity (Wildman–Crippen MR) is 127 cm³/mol. The maximum absolute atomic E-state index is 12.0. The quantitative estimate of drug-likeness (QED) is 0.394. The zero-order valence-corrected chi connectivity index (χ0v) is 18.8. The highest BCUT2D eigenvalue weighted by atomic mass is 16.5. The first-order valence-electron chi connectivity index (χ1n) is 11.6. The van der Waals surface area contributed by atoms with Gasteiger partial charge in [-0.15, -0.1) is 0 Å². The van der Waals surface area contributed by atoms with Crippen molar-refractivity contribution >= 4 is 5.97 Å². The molecule has 0 aliphatic heterocycles. The summed E-state index contributed by atoms with van der Waals surface area (Å²) in [6, 6.07) is 25.8. The number of aryl methyl sites for hydroxylation is 1. The van der Waals surface area contributed by atoms with E-state index in [-0.39, 0.29) is 18.2 Å². The first kappa shape index (κ1) is 21.9. The van der Waals surface area contributed by atoms with Crippen LogP contribution in [-0.4, -0.2) is 27.3 Å². The van der Waals surface area contributed by atoms with E-state index >= 15 is 0 Å². The van der Waals surface area contributed by atoms with E-state index in [1.165, 1.54) is 5.56 Å². The number of aromatic nitrogens is 2. The van der Waals surface area contributed by atoms with Crippen LogP contribution < -0.4 is 4.74 Å². The number of benzene rings is 3. The number of fused-ring (bicyclic) bond motifs is 1. The number of carboxylic acids is 1. The number of ether oxygens (including phenoxy) is 1. The number of carboxylic acid groups (broad SMARTS) is 1. The molecule has 0 radical (unpaired) electrons. The van der Waals surface area contributed by atoms with Gasteiger partial charge < -0.3 is 14.4 Å². The van der Waals surface area contributed by atoms with Crippen LogP contribution in [-0.2, 0) is 24.1 Å². The highest BCUT2D eigenvalue weighted by Gasteiger charge is 2.28. The minimum absolute atomic E-state index is 0.0116. The highest BCUT2D eigenvalue weighted by molar-refractivity contribution is 5.73. The standard InChI is InChI=1S/C28H26N2O4/c31-28(32)24(33-23-17-9-15-19-10-7-8-16-22(19)23)18-25-29-27(30-34-25)26(20-11-3-1-4-12-20)21-13-5-2-6-14-21/h1-6,9,11-15,17,24,26H,7-8,10,16,18H2,(H,31,32). The van der Waals surface area contributed by atoms with Gasteiger partial charge in [0.1, 0.15) is 5.75 Å². The lowest BCUT2D eigenvalue weighted by Crippen LogP contribution is -2.30. The Morgan fingerprint density at radius 1 is 0.912 bits per heavy atom. The molecular weight excluding hydrogens is 428 g/mol. The van der Waals surface area contributed by atoms with Gasteiger partial charge in [0.25, 0.3) is 0 Å². The number of nitrogens with zero attached hydrogens (tertiary/aromatic N) is 2. The number of carbonyl (C=O) groups is 1. The van der Waals surface area contributed by atoms with Crippen molar-refractivity contribution in [2.24, 2.45) is 0 Å². The minimum atomic E-state index is -1.12. The zero-order valence-electron chi connectivity index (χ0n) is 18.8. The molecule has 0 saturated carbocycles. The van der Waals surface area contributed by atoms with Gasteiger partial charge in [0.2, 0.25) is 12.0 Å². The van der Waals surface area contributed by atoms with Crippen LogP contribution in [0.5, 0.6) is 5.75 Å². The van der Waals surface area contributed by atoms with Gasteiger partial charge >= 0.3 is 5.97 Å². The molecular formula is C28H26N2O4. The molecule has 0 amide bonds. The van der Waals surface area contributed by atoms with E-state index in [0.29, 0.717) is 11.6 Å². The highest BCUT2D eigenvalue weighted by Crippen LogP contribution is 2.32. The van der Waals surface area contributed by atoms with Crippen LogP contribution in [0.2, 0.25) is 0 Å². The molecule has 5 rings (SSSR count). The van der Waals surface area contributed by atoms with Crippen molar-refractivity contribution in [2.45, 2.75) is 44.1 Å². The third-order valence-electron chi connectivity index (χ3n) is 6.27. The normalized spacial score (nSPS) is 13.9. The topological polar surface area (TPSA) is 85.5 Å². The van der Waals surface area contributed by atoms with Crippen LogP contribution in [0, 0.1) is 0 Å². The molecule has 1 unspecified atom stereocenters. The van der Waals surface area contributed by atoms with Gasteiger partial charge in [0.15, 0.2) is 5.82 Å². The molecule has 0 bridgehead atoms. The fourth-order valence-corrected chi connectivity index (χ4v) is 4.60. The van der Waals surface area contributed by atoms with E-state index in [9.17, 15) is 9.90 Å². The average molecular weight is 455 g/mol. The summed E-state index contributed by atoms with van der Waals surface area (Å²) in [4.78, 5) is 16.6. The summed E-state index contributed by atoms with van der Waals surface area (Å²) >= 11 is 0. The van der Waals surface area contributed by atoms with Gasteiger partial charge in [-0.1, -0.05) is 78.0 Å². The molecule has 1 aromatic heterocycles. The molecule has 34 heavy (non-hydrogen) atoms. The van der Waals surface area contributed by atoms with Gasteiger partial charge in [0.05, 0.1) is 12.3 Å². The molecule has 1 atom stereocenters. The summed E-state index contributed by atoms with van der Waals surface area (Å²) in [5.74, 6) is 0.0922. The summed E-state index contributed by atoms with van der Waals surface area (Å²) in [6.45, 7) is 0. The van der Waals surface area contributed by atoms with Gasteiger partial charge in [-0.3, -0.25) is 0 Å². The van der Waals surface area contributed by atoms with E-state index in [1.807, 2.05) is 72.8 Å². The summed E-state index contributed by atoms with van der Waals surface area (Å²) < 4.78 is 11.5. The number of aliphatic carboxylic acids is 1. The summed E-state index contributed by atoms with van der Waals surface area (Å²) in [5, 5.41) is 14.1. The summed E-state index contributed by atoms with van der Waals surface area (Å²) in [6.07, 6.45) is 3.00. The van der Waals surface area contributed by atoms with Crippen LogP contribution in [0.4, 0.5) is 0 Å². The molecule has 1 aliphatic rings. The third-order valence-corrected chi connectivity index (χ3v) is 6.27. The Morgan fingerprint density at radius 3 is 2.26 bits per heavy atom. The second-order valence-electron chi connectivity index (χ2n) is 8.55. The first-order chi connectivity index (χ1) is 16.7. The van der Waals surface area contributed by atoms with Gasteiger partial charge in [-0.25, -0.2) is 4.79 Å². The number of hydrogen-bond acceptors (Lipinski definition) is 5. The molecule has 172 valence electrons. The number of rotatable bonds is 8. The second-order valence-corrected chi connectivity index (χ2v) is 8.55. The molecule has 0 spiro atoms. The van der Waals surface area contributed by atoms with Crippen molar-refractivity contribution in [3.8, 4) is 5.75 Å². The van der Waals surface area contributed by atoms with Gasteiger partial charge in [-0.2, -0.15) is 4.98 Å². The van der Waals surface area contributed by atoms with Crippen LogP contribution in [0.3, 0.4) is 0 Å². The molecule has 0 fully saturated rings. The van der Waals surface area contributed by atoms with Crippen molar-refractivity contribution in [1.82, 2.24) is 10.1 Å². The lowest BCUT2D eigenvalue weighted by Gasteiger charge is -2.21. The second kappa shape index (κ2) is 9.91. The Bertz CT molecular complexity index is 1210. The molecule has 6 nitrogen and oxygen atoms in total. The molecule has 6 heteroatoms. The molecule has 3 aromatic carbocycles. The predicted octanol–water partition coefficient (Wildman–Crippen LogP) is 5.20. The number of hydrogen-bond donors (Lipinski definition) is 1. The van der Waals surface area contributed by atoms with E-state index < -0.39 is 12.1 Å². The van der Waals surface area contributed by atoms with Crippen molar-refractivity contribution in [3.05, 3.63) is 113 Å². The minimum Gasteiger partial charge on any atom is -0.478 e. The van der Waals surface area contributed by atoms with E-state index in [2.05, 4.69) is 16.2 Å². The monoisotopic (exact) mass is 454 g/mol. The molecule has 1 N–H and O–H groups in total. The average Bonchev–Trinajstić information content (AvgIpc) is 3.33. The largest absolute Gasteiger partial charge is 0.478 e. The molecule has 0 saturated heterocycles. The van der Waals surface area contributed by atoms with E-state index in [0.717, 1.165) is 42.4 Å². The Kier molecular flexibility index (Phi) is 6.38. The van der Waals surface area contributed by atoms with Gasteiger partial charge in [-0.05, 0) is 54.0 Å². The SMILES string of the molecule is O=C(O)C(Cc1nc(C(c2ccccc2)c2ccccc2)no1)Oc1cccc2c1CCCC2. The van der Waals surface area contributed by atoms with E-state index in [4.69, 9.17) is 9.26 Å². The van der Waals surface area contributed by atoms with Crippen molar-refractivity contribution in [3.63, 3.8) is 0 Å². The Morgan fingerprint density at radius 2 is 1.59 bits per heavy atom. The molecule has 4 aromatic rings. The lowest BCUT2D eigenvalue weighted by atomic mass is 9.91. The fourth-order valence-electron chi connectivity index (χ4n) is 4.60. The summed E-state index contributed by atoms with van der Waals surface area (Å²) in [7, 11) is 0. The smallest absolute Gasteiger partial charge is 0.345 e. The van der Waals surface area contributed by atoms with Crippen LogP contribution in [0.1, 0.15) is 52.7 Å². The van der Waals surface area contributed by atoms with Crippen LogP contribution in [0.25, 0.3) is 0 Å². The molecule has 1 heterocycles. The van der Waals surface area contributed by atoms with Crippen molar-refractivity contribution in [1.29, 1.82) is 0 Å². The zero-order chi connectivity index (χ0) is 23.3. The summed E-state index contributed by atoms with van der Waals surface area (Å²) in [5.41, 5.74) is 4.41. The molecule has 1 aliphatic carbocycles. The first-order valence-corrected chi connectivity index (χ1v) is 11.6. The fraction of sp³-hybridized carbons (Fsp3) is 0.250. The van der Waals surface area contributed by atoms with E-state index in [1.54, 1.807) is 0 Å². The Labute approximate surface area is 198 Å². The Balaban J connectivity index is 1.40.